The summed E-state index contributed by atoms with van der Waals surface area (Å²) in [6.45, 7) is 0.315. The van der Waals surface area contributed by atoms with Gasteiger partial charge in [-0.2, -0.15) is 0 Å². The number of nitrogens with one attached hydrogen (secondary N) is 1. The van der Waals surface area contributed by atoms with Crippen LogP contribution in [-0.2, 0) is 17.8 Å². The minimum Gasteiger partial charge on any atom is -0.497 e. The van der Waals surface area contributed by atoms with Crippen molar-refractivity contribution in [3.8, 4) is 11.5 Å². The predicted octanol–water partition coefficient (Wildman–Crippen LogP) is 2.15. The molecule has 2 aromatic carbocycles. The number of benzene rings is 2. The van der Waals surface area contributed by atoms with Crippen molar-refractivity contribution in [3.63, 3.8) is 0 Å². The number of fused-ring (bicyclic) bond motifs is 1. The zero-order valence-corrected chi connectivity index (χ0v) is 14.5. The summed E-state index contributed by atoms with van der Waals surface area (Å²) in [7, 11) is 4.91. The Morgan fingerprint density at radius 1 is 1.16 bits per heavy atom. The highest BCUT2D eigenvalue weighted by Crippen LogP contribution is 2.28. The number of hydrogen-bond donors (Lipinski definition) is 1. The van der Waals surface area contributed by atoms with Crippen molar-refractivity contribution in [1.82, 2.24) is 5.32 Å². The third-order valence-corrected chi connectivity index (χ3v) is 4.35. The molecule has 1 aliphatic heterocycles. The third kappa shape index (κ3) is 3.28. The first kappa shape index (κ1) is 16.8. The van der Waals surface area contributed by atoms with E-state index in [0.29, 0.717) is 30.0 Å². The molecule has 0 fully saturated rings. The number of likely N-dealkylation sites (N-methyl/N-ethyl adjacent to an activating group) is 1. The Hall–Kier alpha value is -3.02. The molecule has 6 heteroatoms. The standard InChI is InChI=1S/C19H20N2O4/c1-21-16-6-4-12(8-13(16)10-18(21)22)19(23)20-11-14-9-15(24-2)5-7-17(14)25-3/h4-9H,10-11H2,1-3H3,(H,20,23). The van der Waals surface area contributed by atoms with E-state index in [1.165, 1.54) is 0 Å². The summed E-state index contributed by atoms with van der Waals surface area (Å²) in [5.74, 6) is 1.22. The average Bonchev–Trinajstić information content (AvgIpc) is 2.92. The maximum atomic E-state index is 12.5. The summed E-state index contributed by atoms with van der Waals surface area (Å²) in [5, 5.41) is 2.88. The second-order valence-electron chi connectivity index (χ2n) is 5.83. The molecule has 6 nitrogen and oxygen atoms in total. The van der Waals surface area contributed by atoms with Crippen molar-refractivity contribution in [2.45, 2.75) is 13.0 Å². The molecule has 0 bridgehead atoms. The Morgan fingerprint density at radius 3 is 2.68 bits per heavy atom. The van der Waals surface area contributed by atoms with Crippen molar-refractivity contribution < 1.29 is 19.1 Å². The Balaban J connectivity index is 1.74. The number of hydrogen-bond acceptors (Lipinski definition) is 4. The summed E-state index contributed by atoms with van der Waals surface area (Å²) in [5.41, 5.74) is 3.09. The zero-order valence-electron chi connectivity index (χ0n) is 14.5. The number of carbonyl (C=O) groups is 2. The van der Waals surface area contributed by atoms with Gasteiger partial charge in [0.05, 0.1) is 20.6 Å². The van der Waals surface area contributed by atoms with E-state index in [1.807, 2.05) is 6.07 Å². The fourth-order valence-corrected chi connectivity index (χ4v) is 2.91. The molecule has 0 unspecified atom stereocenters. The van der Waals surface area contributed by atoms with Crippen LogP contribution >= 0.6 is 0 Å². The van der Waals surface area contributed by atoms with Gasteiger partial charge < -0.3 is 19.7 Å². The summed E-state index contributed by atoms with van der Waals surface area (Å²) in [4.78, 5) is 25.8. The highest BCUT2D eigenvalue weighted by Gasteiger charge is 2.24. The number of amides is 2. The van der Waals surface area contributed by atoms with E-state index in [-0.39, 0.29) is 11.8 Å². The van der Waals surface area contributed by atoms with E-state index in [1.54, 1.807) is 56.5 Å². The molecule has 1 aliphatic rings. The summed E-state index contributed by atoms with van der Waals surface area (Å²) < 4.78 is 10.5. The fourth-order valence-electron chi connectivity index (χ4n) is 2.91. The summed E-state index contributed by atoms with van der Waals surface area (Å²) in [6.07, 6.45) is 0.330. The first-order valence-corrected chi connectivity index (χ1v) is 7.92. The van der Waals surface area contributed by atoms with Crippen LogP contribution < -0.4 is 19.7 Å². The lowest BCUT2D eigenvalue weighted by atomic mass is 10.1. The smallest absolute Gasteiger partial charge is 0.251 e. The minimum atomic E-state index is -0.199. The van der Waals surface area contributed by atoms with Crippen LogP contribution in [0.4, 0.5) is 5.69 Å². The van der Waals surface area contributed by atoms with Crippen LogP contribution in [0.25, 0.3) is 0 Å². The first-order valence-electron chi connectivity index (χ1n) is 7.92. The number of rotatable bonds is 5. The Kier molecular flexibility index (Phi) is 4.61. The quantitative estimate of drug-likeness (QED) is 0.906. The molecule has 130 valence electrons. The van der Waals surface area contributed by atoms with Crippen molar-refractivity contribution in [2.24, 2.45) is 0 Å². The van der Waals surface area contributed by atoms with Crippen molar-refractivity contribution >= 4 is 17.5 Å². The second-order valence-corrected chi connectivity index (χ2v) is 5.83. The van der Waals surface area contributed by atoms with Crippen LogP contribution in [0.3, 0.4) is 0 Å². The van der Waals surface area contributed by atoms with E-state index < -0.39 is 0 Å². The Labute approximate surface area is 146 Å². The van der Waals surface area contributed by atoms with Crippen LogP contribution in [0.5, 0.6) is 11.5 Å². The van der Waals surface area contributed by atoms with Crippen LogP contribution in [0.2, 0.25) is 0 Å². The topological polar surface area (TPSA) is 67.9 Å². The van der Waals surface area contributed by atoms with E-state index in [4.69, 9.17) is 9.47 Å². The Morgan fingerprint density at radius 2 is 1.96 bits per heavy atom. The second kappa shape index (κ2) is 6.84. The monoisotopic (exact) mass is 340 g/mol. The highest BCUT2D eigenvalue weighted by atomic mass is 16.5. The fraction of sp³-hybridized carbons (Fsp3) is 0.263. The molecule has 0 saturated carbocycles. The van der Waals surface area contributed by atoms with Gasteiger partial charge in [0.15, 0.2) is 0 Å². The van der Waals surface area contributed by atoms with Gasteiger partial charge in [-0.25, -0.2) is 0 Å². The number of anilines is 1. The number of nitrogens with zero attached hydrogens (tertiary/aromatic N) is 1. The molecular weight excluding hydrogens is 320 g/mol. The van der Waals surface area contributed by atoms with Crippen LogP contribution in [-0.4, -0.2) is 33.1 Å². The van der Waals surface area contributed by atoms with Gasteiger partial charge in [-0.15, -0.1) is 0 Å². The van der Waals surface area contributed by atoms with Gasteiger partial charge in [0, 0.05) is 30.4 Å². The molecule has 0 aromatic heterocycles. The van der Waals surface area contributed by atoms with Gasteiger partial charge in [0.2, 0.25) is 5.91 Å². The maximum absolute atomic E-state index is 12.5. The molecule has 0 aliphatic carbocycles. The zero-order chi connectivity index (χ0) is 18.0. The normalized spacial score (nSPS) is 12.8. The SMILES string of the molecule is COc1ccc(OC)c(CNC(=O)c2ccc3c(c2)CC(=O)N3C)c1. The van der Waals surface area contributed by atoms with Crippen LogP contribution in [0.15, 0.2) is 36.4 Å². The lowest BCUT2D eigenvalue weighted by molar-refractivity contribution is -0.117. The van der Waals surface area contributed by atoms with E-state index in [9.17, 15) is 9.59 Å². The van der Waals surface area contributed by atoms with E-state index in [0.717, 1.165) is 16.8 Å². The predicted molar refractivity (Wildman–Crippen MR) is 94.3 cm³/mol. The lowest BCUT2D eigenvalue weighted by Crippen LogP contribution is -2.23. The molecule has 25 heavy (non-hydrogen) atoms. The number of ether oxygens (including phenoxy) is 2. The van der Waals surface area contributed by atoms with Crippen LogP contribution in [0, 0.1) is 0 Å². The van der Waals surface area contributed by atoms with Gasteiger partial charge in [0.25, 0.3) is 5.91 Å². The lowest BCUT2D eigenvalue weighted by Gasteiger charge is -2.12. The molecule has 0 saturated heterocycles. The molecule has 1 heterocycles. The third-order valence-electron chi connectivity index (χ3n) is 4.35. The molecular formula is C19H20N2O4. The average molecular weight is 340 g/mol. The number of methoxy groups -OCH3 is 2. The molecule has 3 rings (SSSR count). The van der Waals surface area contributed by atoms with Crippen molar-refractivity contribution in [2.75, 3.05) is 26.2 Å². The molecule has 0 atom stereocenters. The summed E-state index contributed by atoms with van der Waals surface area (Å²) in [6, 6.07) is 10.7. The highest BCUT2D eigenvalue weighted by molar-refractivity contribution is 6.03. The van der Waals surface area contributed by atoms with E-state index >= 15 is 0 Å². The maximum Gasteiger partial charge on any atom is 0.251 e. The molecule has 2 aromatic rings. The minimum absolute atomic E-state index is 0.0358. The van der Waals surface area contributed by atoms with Crippen molar-refractivity contribution in [3.05, 3.63) is 53.1 Å². The van der Waals surface area contributed by atoms with Gasteiger partial charge >= 0.3 is 0 Å². The van der Waals surface area contributed by atoms with Gasteiger partial charge in [-0.05, 0) is 42.0 Å². The Bertz CT molecular complexity index is 832. The number of carbonyl (C=O) groups excluding carboxylic acids is 2. The molecule has 0 spiro atoms. The van der Waals surface area contributed by atoms with Crippen LogP contribution in [0.1, 0.15) is 21.5 Å². The summed E-state index contributed by atoms with van der Waals surface area (Å²) >= 11 is 0. The van der Waals surface area contributed by atoms with Gasteiger partial charge in [-0.1, -0.05) is 0 Å². The largest absolute Gasteiger partial charge is 0.497 e. The van der Waals surface area contributed by atoms with Gasteiger partial charge in [0.1, 0.15) is 11.5 Å². The molecule has 0 radical (unpaired) electrons. The van der Waals surface area contributed by atoms with Gasteiger partial charge in [-0.3, -0.25) is 9.59 Å². The molecule has 1 N–H and O–H groups in total. The van der Waals surface area contributed by atoms with Crippen molar-refractivity contribution in [1.29, 1.82) is 0 Å². The first-order chi connectivity index (χ1) is 12.0. The van der Waals surface area contributed by atoms with E-state index in [2.05, 4.69) is 5.32 Å². The molecule has 2 amide bonds.